The summed E-state index contributed by atoms with van der Waals surface area (Å²) in [5, 5.41) is 4.80. The largest absolute Gasteiger partial charge is 0.367 e. The molecule has 3 heterocycles. The van der Waals surface area contributed by atoms with Gasteiger partial charge < -0.3 is 10.2 Å². The molecule has 0 atom stereocenters. The number of hydrogen-bond donors (Lipinski definition) is 1. The van der Waals surface area contributed by atoms with Crippen LogP contribution in [0.4, 0.5) is 5.82 Å². The monoisotopic (exact) mass is 437 g/mol. The predicted molar refractivity (Wildman–Crippen MR) is 137 cm³/mol. The molecule has 5 nitrogen and oxygen atoms in total. The summed E-state index contributed by atoms with van der Waals surface area (Å²) in [6.45, 7) is 2.24. The van der Waals surface area contributed by atoms with Crippen molar-refractivity contribution in [2.24, 2.45) is 0 Å². The lowest BCUT2D eigenvalue weighted by atomic mass is 9.95. The van der Waals surface area contributed by atoms with Crippen LogP contribution >= 0.6 is 0 Å². The van der Waals surface area contributed by atoms with Gasteiger partial charge in [-0.2, -0.15) is 0 Å². The van der Waals surface area contributed by atoms with Crippen molar-refractivity contribution < 1.29 is 1.43 Å². The maximum Gasteiger partial charge on any atom is 0.137 e. The molecule has 2 aromatic heterocycles. The highest BCUT2D eigenvalue weighted by Gasteiger charge is 2.21. The summed E-state index contributed by atoms with van der Waals surface area (Å²) in [5.74, 6) is 0.944. The number of nitrogens with one attached hydrogen (secondary N) is 1. The first-order valence-electron chi connectivity index (χ1n) is 12.0. The van der Waals surface area contributed by atoms with E-state index in [0.717, 1.165) is 67.6 Å². The Morgan fingerprint density at radius 2 is 1.91 bits per heavy atom. The minimum absolute atomic E-state index is 0. The second-order valence-corrected chi connectivity index (χ2v) is 9.36. The molecule has 0 saturated carbocycles. The van der Waals surface area contributed by atoms with Crippen LogP contribution in [-0.4, -0.2) is 46.0 Å². The number of likely N-dealkylation sites (tertiary alicyclic amines) is 1. The molecule has 0 radical (unpaired) electrons. The van der Waals surface area contributed by atoms with Crippen LogP contribution < -0.4 is 5.32 Å². The molecule has 0 spiro atoms. The Kier molecular flexibility index (Phi) is 5.27. The van der Waals surface area contributed by atoms with Gasteiger partial charge >= 0.3 is 0 Å². The highest BCUT2D eigenvalue weighted by molar-refractivity contribution is 5.95. The lowest BCUT2D eigenvalue weighted by Crippen LogP contribution is -2.36. The van der Waals surface area contributed by atoms with E-state index in [1.807, 2.05) is 6.20 Å². The van der Waals surface area contributed by atoms with E-state index >= 15 is 0 Å². The number of hydrogen-bond acceptors (Lipinski definition) is 5. The minimum Gasteiger partial charge on any atom is -0.367 e. The fraction of sp³-hybridized carbons (Fsp3) is 0.321. The van der Waals surface area contributed by atoms with Gasteiger partial charge in [-0.25, -0.2) is 9.97 Å². The van der Waals surface area contributed by atoms with Crippen LogP contribution in [0.5, 0.6) is 0 Å². The van der Waals surface area contributed by atoms with Gasteiger partial charge in [-0.15, -0.1) is 0 Å². The van der Waals surface area contributed by atoms with Crippen LogP contribution in [0.3, 0.4) is 0 Å². The molecule has 3 aromatic rings. The molecule has 5 heteroatoms. The molecule has 1 fully saturated rings. The maximum absolute atomic E-state index is 4.81. The normalized spacial score (nSPS) is 18.8. The maximum atomic E-state index is 4.81. The van der Waals surface area contributed by atoms with Crippen molar-refractivity contribution in [2.45, 2.75) is 38.1 Å². The third-order valence-corrected chi connectivity index (χ3v) is 7.09. The smallest absolute Gasteiger partial charge is 0.137 e. The van der Waals surface area contributed by atoms with E-state index in [1.54, 1.807) is 6.33 Å². The van der Waals surface area contributed by atoms with Crippen molar-refractivity contribution in [3.63, 3.8) is 0 Å². The lowest BCUT2D eigenvalue weighted by molar-refractivity contribution is 0.264. The first-order chi connectivity index (χ1) is 16.2. The summed E-state index contributed by atoms with van der Waals surface area (Å²) in [4.78, 5) is 16.3. The molecular formula is C28H31N5. The van der Waals surface area contributed by atoms with Crippen LogP contribution in [-0.2, 0) is 6.42 Å². The van der Waals surface area contributed by atoms with Gasteiger partial charge in [0.05, 0.1) is 11.2 Å². The molecule has 168 valence electrons. The Morgan fingerprint density at radius 3 is 2.76 bits per heavy atom. The number of allylic oxidation sites excluding steroid dienone is 5. The van der Waals surface area contributed by atoms with Crippen LogP contribution in [0.2, 0.25) is 0 Å². The Labute approximate surface area is 196 Å². The molecule has 2 aliphatic carbocycles. The van der Waals surface area contributed by atoms with Crippen LogP contribution in [0.1, 0.15) is 49.5 Å². The van der Waals surface area contributed by atoms with Crippen molar-refractivity contribution in [1.29, 1.82) is 0 Å². The zero-order valence-electron chi connectivity index (χ0n) is 19.1. The quantitative estimate of drug-likeness (QED) is 0.584. The molecule has 3 aliphatic rings. The Hall–Kier alpha value is -3.31. The van der Waals surface area contributed by atoms with Crippen LogP contribution in [0.25, 0.3) is 22.0 Å². The molecule has 33 heavy (non-hydrogen) atoms. The molecule has 1 saturated heterocycles. The van der Waals surface area contributed by atoms with Gasteiger partial charge in [-0.05, 0) is 80.7 Å². The van der Waals surface area contributed by atoms with Gasteiger partial charge in [-0.3, -0.25) is 4.98 Å². The predicted octanol–water partition coefficient (Wildman–Crippen LogP) is 5.50. The van der Waals surface area contributed by atoms with Crippen molar-refractivity contribution in [1.82, 2.24) is 19.9 Å². The molecule has 0 amide bonds. The fourth-order valence-corrected chi connectivity index (χ4v) is 5.14. The number of aromatic nitrogens is 3. The first kappa shape index (κ1) is 20.3. The summed E-state index contributed by atoms with van der Waals surface area (Å²) in [6.07, 6.45) is 18.2. The van der Waals surface area contributed by atoms with Crippen molar-refractivity contribution in [3.05, 3.63) is 83.5 Å². The number of benzene rings is 1. The van der Waals surface area contributed by atoms with E-state index in [9.17, 15) is 0 Å². The summed E-state index contributed by atoms with van der Waals surface area (Å²) < 4.78 is 0. The summed E-state index contributed by atoms with van der Waals surface area (Å²) in [5.41, 5.74) is 8.32. The van der Waals surface area contributed by atoms with Crippen molar-refractivity contribution >= 4 is 27.9 Å². The molecule has 0 bridgehead atoms. The molecule has 1 aromatic carbocycles. The van der Waals surface area contributed by atoms with E-state index in [0.29, 0.717) is 6.04 Å². The molecular weight excluding hydrogens is 406 g/mol. The Bertz CT molecular complexity index is 1300. The SMILES string of the molecule is CN1CCC(Nc2ncnc3ccc(C4=CCc5ncc(C6=CCCC=C6)cc54)cc23)CC1.[HH]. The number of pyridine rings is 1. The number of piperidine rings is 1. The van der Waals surface area contributed by atoms with Crippen molar-refractivity contribution in [3.8, 4) is 0 Å². The lowest BCUT2D eigenvalue weighted by Gasteiger charge is -2.30. The summed E-state index contributed by atoms with van der Waals surface area (Å²) in [6, 6.07) is 9.32. The second kappa shape index (κ2) is 8.56. The van der Waals surface area contributed by atoms with Gasteiger partial charge in [-0.1, -0.05) is 30.4 Å². The third kappa shape index (κ3) is 3.98. The van der Waals surface area contributed by atoms with Crippen molar-refractivity contribution in [2.75, 3.05) is 25.5 Å². The van der Waals surface area contributed by atoms with Crippen LogP contribution in [0.15, 0.2) is 61.1 Å². The van der Waals surface area contributed by atoms with E-state index in [1.165, 1.54) is 27.8 Å². The summed E-state index contributed by atoms with van der Waals surface area (Å²) in [7, 11) is 2.19. The van der Waals surface area contributed by atoms with Gasteiger partial charge in [0.15, 0.2) is 0 Å². The molecule has 0 unspecified atom stereocenters. The zero-order chi connectivity index (χ0) is 22.2. The van der Waals surface area contributed by atoms with Gasteiger partial charge in [0, 0.05) is 36.6 Å². The number of rotatable bonds is 4. The highest BCUT2D eigenvalue weighted by Crippen LogP contribution is 2.36. The van der Waals surface area contributed by atoms with E-state index in [4.69, 9.17) is 4.98 Å². The van der Waals surface area contributed by atoms with Crippen LogP contribution in [0, 0.1) is 0 Å². The molecule has 6 rings (SSSR count). The van der Waals surface area contributed by atoms with E-state index in [-0.39, 0.29) is 1.43 Å². The molecule has 1 N–H and O–H groups in total. The average Bonchev–Trinajstić information content (AvgIpc) is 3.29. The number of anilines is 1. The van der Waals surface area contributed by atoms with Gasteiger partial charge in [0.2, 0.25) is 0 Å². The standard InChI is InChI=1S/C28H29N5.H2/c1-33-13-11-22(12-14-33)32-28-25-15-20(7-9-27(25)30-18-31-28)23-8-10-26-24(23)16-21(17-29-26)19-5-3-2-4-6-19;/h3,5-9,15-18,22H,2,4,10-14H2,1H3,(H,30,31,32);1H. The second-order valence-electron chi connectivity index (χ2n) is 9.36. The first-order valence-corrected chi connectivity index (χ1v) is 12.0. The average molecular weight is 438 g/mol. The van der Waals surface area contributed by atoms with Gasteiger partial charge in [0.25, 0.3) is 0 Å². The van der Waals surface area contributed by atoms with Gasteiger partial charge in [0.1, 0.15) is 12.1 Å². The fourth-order valence-electron chi connectivity index (χ4n) is 5.14. The van der Waals surface area contributed by atoms with E-state index in [2.05, 4.69) is 75.8 Å². The number of fused-ring (bicyclic) bond motifs is 2. The Balaban J connectivity index is 0.00000241. The minimum atomic E-state index is 0. The highest BCUT2D eigenvalue weighted by atomic mass is 15.1. The topological polar surface area (TPSA) is 53.9 Å². The molecule has 1 aliphatic heterocycles. The number of nitrogens with zero attached hydrogens (tertiary/aromatic N) is 4. The third-order valence-electron chi connectivity index (χ3n) is 7.09. The zero-order valence-corrected chi connectivity index (χ0v) is 19.1. The Morgan fingerprint density at radius 1 is 1.00 bits per heavy atom. The van der Waals surface area contributed by atoms with E-state index < -0.39 is 0 Å². The summed E-state index contributed by atoms with van der Waals surface area (Å²) >= 11 is 0.